The van der Waals surface area contributed by atoms with Crippen molar-refractivity contribution in [3.63, 3.8) is 0 Å². The first-order valence-electron chi connectivity index (χ1n) is 7.93. The van der Waals surface area contributed by atoms with Gasteiger partial charge in [0.15, 0.2) is 5.79 Å². The van der Waals surface area contributed by atoms with E-state index in [1.54, 1.807) is 12.4 Å². The fourth-order valence-electron chi connectivity index (χ4n) is 3.21. The first-order chi connectivity index (χ1) is 11.3. The zero-order chi connectivity index (χ0) is 15.7. The number of amides is 1. The lowest BCUT2D eigenvalue weighted by molar-refractivity contribution is -0.181. The van der Waals surface area contributed by atoms with E-state index < -0.39 is 5.79 Å². The normalized spacial score (nSPS) is 20.1. The van der Waals surface area contributed by atoms with E-state index in [4.69, 9.17) is 9.47 Å². The number of aromatic nitrogens is 2. The molecule has 1 aromatic carbocycles. The third-order valence-electron chi connectivity index (χ3n) is 4.53. The van der Waals surface area contributed by atoms with E-state index >= 15 is 0 Å². The lowest BCUT2D eigenvalue weighted by atomic mass is 10.0. The highest BCUT2D eigenvalue weighted by atomic mass is 16.7. The molecule has 0 unspecified atom stereocenters. The molecule has 1 spiro atoms. The summed E-state index contributed by atoms with van der Waals surface area (Å²) in [6.07, 6.45) is 4.97. The van der Waals surface area contributed by atoms with Crippen molar-refractivity contribution in [2.75, 3.05) is 26.3 Å². The Labute approximate surface area is 134 Å². The molecule has 2 fully saturated rings. The van der Waals surface area contributed by atoms with Crippen molar-refractivity contribution in [3.05, 3.63) is 42.2 Å². The van der Waals surface area contributed by atoms with Crippen LogP contribution in [0.15, 0.2) is 36.7 Å². The Morgan fingerprint density at radius 2 is 1.83 bits per heavy atom. The average molecular weight is 313 g/mol. The molecule has 23 heavy (non-hydrogen) atoms. The summed E-state index contributed by atoms with van der Waals surface area (Å²) in [6, 6.07) is 7.54. The van der Waals surface area contributed by atoms with Crippen molar-refractivity contribution in [3.8, 4) is 11.4 Å². The van der Waals surface area contributed by atoms with Gasteiger partial charge < -0.3 is 19.4 Å². The number of benzene rings is 1. The standard InChI is InChI=1S/C17H19N3O3/c21-16(20-9-5-17(6-10-20)22-11-12-23-17)14-3-1-13(2-4-14)15-18-7-8-19-15/h1-4,7-8H,5-6,9-12H2,(H,18,19). The zero-order valence-electron chi connectivity index (χ0n) is 12.8. The van der Waals surface area contributed by atoms with Crippen molar-refractivity contribution in [2.24, 2.45) is 0 Å². The Balaban J connectivity index is 1.43. The van der Waals surface area contributed by atoms with E-state index in [-0.39, 0.29) is 5.91 Å². The first-order valence-corrected chi connectivity index (χ1v) is 7.93. The van der Waals surface area contributed by atoms with Crippen LogP contribution in [0.1, 0.15) is 23.2 Å². The van der Waals surface area contributed by atoms with Gasteiger partial charge in [0.1, 0.15) is 5.82 Å². The second kappa shape index (κ2) is 5.79. The van der Waals surface area contributed by atoms with Crippen molar-refractivity contribution in [2.45, 2.75) is 18.6 Å². The predicted octanol–water partition coefficient (Wildman–Crippen LogP) is 2.06. The number of imidazole rings is 1. The minimum Gasteiger partial charge on any atom is -0.347 e. The molecule has 0 aliphatic carbocycles. The van der Waals surface area contributed by atoms with Gasteiger partial charge in [0.2, 0.25) is 0 Å². The van der Waals surface area contributed by atoms with Crippen molar-refractivity contribution in [1.29, 1.82) is 0 Å². The molecular formula is C17H19N3O3. The Hall–Kier alpha value is -2.18. The molecule has 2 aliphatic rings. The zero-order valence-corrected chi connectivity index (χ0v) is 12.8. The maximum Gasteiger partial charge on any atom is 0.253 e. The maximum absolute atomic E-state index is 12.6. The number of carbonyl (C=O) groups is 1. The van der Waals surface area contributed by atoms with Gasteiger partial charge in [-0.25, -0.2) is 4.98 Å². The fourth-order valence-corrected chi connectivity index (χ4v) is 3.21. The first kappa shape index (κ1) is 14.4. The fraction of sp³-hybridized carbons (Fsp3) is 0.412. The summed E-state index contributed by atoms with van der Waals surface area (Å²) in [7, 11) is 0. The van der Waals surface area contributed by atoms with Crippen LogP contribution in [0, 0.1) is 0 Å². The Morgan fingerprint density at radius 1 is 1.13 bits per heavy atom. The van der Waals surface area contributed by atoms with Gasteiger partial charge in [-0.05, 0) is 12.1 Å². The van der Waals surface area contributed by atoms with Crippen molar-refractivity contribution in [1.82, 2.24) is 14.9 Å². The molecule has 0 radical (unpaired) electrons. The molecule has 2 saturated heterocycles. The number of H-pyrrole nitrogens is 1. The van der Waals surface area contributed by atoms with Crippen LogP contribution < -0.4 is 0 Å². The van der Waals surface area contributed by atoms with E-state index in [0.717, 1.165) is 24.2 Å². The molecule has 0 saturated carbocycles. The largest absolute Gasteiger partial charge is 0.347 e. The van der Waals surface area contributed by atoms with Gasteiger partial charge in [0.25, 0.3) is 5.91 Å². The van der Waals surface area contributed by atoms with E-state index in [0.29, 0.717) is 31.9 Å². The molecule has 120 valence electrons. The van der Waals surface area contributed by atoms with E-state index in [1.807, 2.05) is 29.2 Å². The third-order valence-corrected chi connectivity index (χ3v) is 4.53. The minimum absolute atomic E-state index is 0.0591. The Morgan fingerprint density at radius 3 is 2.43 bits per heavy atom. The average Bonchev–Trinajstić information content (AvgIpc) is 3.28. The summed E-state index contributed by atoms with van der Waals surface area (Å²) in [5, 5.41) is 0. The van der Waals surface area contributed by atoms with E-state index in [9.17, 15) is 4.79 Å². The molecule has 6 nitrogen and oxygen atoms in total. The number of hydrogen-bond donors (Lipinski definition) is 1. The van der Waals surface area contributed by atoms with Gasteiger partial charge in [-0.2, -0.15) is 0 Å². The number of nitrogens with one attached hydrogen (secondary N) is 1. The summed E-state index contributed by atoms with van der Waals surface area (Å²) in [5.74, 6) is 0.420. The molecular weight excluding hydrogens is 294 g/mol. The van der Waals surface area contributed by atoms with Crippen LogP contribution in [0.4, 0.5) is 0 Å². The van der Waals surface area contributed by atoms with Crippen molar-refractivity contribution >= 4 is 5.91 Å². The minimum atomic E-state index is -0.445. The molecule has 0 bridgehead atoms. The van der Waals surface area contributed by atoms with Gasteiger partial charge in [-0.3, -0.25) is 4.79 Å². The molecule has 1 N–H and O–H groups in total. The van der Waals surface area contributed by atoms with Gasteiger partial charge >= 0.3 is 0 Å². The number of likely N-dealkylation sites (tertiary alicyclic amines) is 1. The second-order valence-electron chi connectivity index (χ2n) is 5.91. The molecule has 1 aromatic heterocycles. The van der Waals surface area contributed by atoms with E-state index in [1.165, 1.54) is 0 Å². The number of rotatable bonds is 2. The van der Waals surface area contributed by atoms with Crippen LogP contribution in [0.2, 0.25) is 0 Å². The number of aromatic amines is 1. The van der Waals surface area contributed by atoms with Gasteiger partial charge in [-0.15, -0.1) is 0 Å². The molecule has 2 aliphatic heterocycles. The quantitative estimate of drug-likeness (QED) is 0.921. The van der Waals surface area contributed by atoms with Crippen molar-refractivity contribution < 1.29 is 14.3 Å². The monoisotopic (exact) mass is 313 g/mol. The molecule has 0 atom stereocenters. The predicted molar refractivity (Wildman–Crippen MR) is 83.8 cm³/mol. The second-order valence-corrected chi connectivity index (χ2v) is 5.91. The Kier molecular flexibility index (Phi) is 3.63. The Bertz CT molecular complexity index is 666. The summed E-state index contributed by atoms with van der Waals surface area (Å²) in [6.45, 7) is 2.64. The number of carbonyl (C=O) groups excluding carboxylic acids is 1. The molecule has 3 heterocycles. The van der Waals surface area contributed by atoms with Crippen LogP contribution in [0.5, 0.6) is 0 Å². The highest BCUT2D eigenvalue weighted by molar-refractivity contribution is 5.94. The molecule has 2 aromatic rings. The van der Waals surface area contributed by atoms with Crippen LogP contribution in [0.3, 0.4) is 0 Å². The molecule has 1 amide bonds. The van der Waals surface area contributed by atoms with Gasteiger partial charge in [0, 0.05) is 49.5 Å². The maximum atomic E-state index is 12.6. The molecule has 6 heteroatoms. The van der Waals surface area contributed by atoms with Crippen LogP contribution in [0.25, 0.3) is 11.4 Å². The van der Waals surface area contributed by atoms with Gasteiger partial charge in [0.05, 0.1) is 13.2 Å². The van der Waals surface area contributed by atoms with E-state index in [2.05, 4.69) is 9.97 Å². The number of ether oxygens (including phenoxy) is 2. The summed E-state index contributed by atoms with van der Waals surface area (Å²) in [5.41, 5.74) is 1.67. The lowest BCUT2D eigenvalue weighted by Gasteiger charge is -2.37. The SMILES string of the molecule is O=C(c1ccc(-c2ncc[nH]2)cc1)N1CCC2(CC1)OCCO2. The third kappa shape index (κ3) is 2.75. The van der Waals surface area contributed by atoms with Crippen LogP contribution >= 0.6 is 0 Å². The number of nitrogens with zero attached hydrogens (tertiary/aromatic N) is 2. The molecule has 4 rings (SSSR count). The van der Waals surface area contributed by atoms with Gasteiger partial charge in [-0.1, -0.05) is 12.1 Å². The lowest BCUT2D eigenvalue weighted by Crippen LogP contribution is -2.47. The van der Waals surface area contributed by atoms with Crippen LogP contribution in [-0.2, 0) is 9.47 Å². The number of piperidine rings is 1. The van der Waals surface area contributed by atoms with Crippen LogP contribution in [-0.4, -0.2) is 52.9 Å². The topological polar surface area (TPSA) is 67.5 Å². The number of hydrogen-bond acceptors (Lipinski definition) is 4. The highest BCUT2D eigenvalue weighted by Crippen LogP contribution is 2.31. The highest BCUT2D eigenvalue weighted by Gasteiger charge is 2.40. The summed E-state index contributed by atoms with van der Waals surface area (Å²) in [4.78, 5) is 21.8. The summed E-state index contributed by atoms with van der Waals surface area (Å²) < 4.78 is 11.4. The smallest absolute Gasteiger partial charge is 0.253 e. The summed E-state index contributed by atoms with van der Waals surface area (Å²) >= 11 is 0.